The number of likely N-dealkylation sites (tertiary alicyclic amines) is 1. The van der Waals surface area contributed by atoms with Gasteiger partial charge in [-0.3, -0.25) is 14.5 Å². The van der Waals surface area contributed by atoms with Crippen molar-refractivity contribution in [2.45, 2.75) is 19.6 Å². The minimum atomic E-state index is -0.690. The van der Waals surface area contributed by atoms with Gasteiger partial charge in [-0.25, -0.2) is 0 Å². The zero-order chi connectivity index (χ0) is 28.9. The third-order valence-electron chi connectivity index (χ3n) is 7.64. The highest BCUT2D eigenvalue weighted by molar-refractivity contribution is 6.46. The average molecular weight is 556 g/mol. The van der Waals surface area contributed by atoms with E-state index in [-0.39, 0.29) is 11.3 Å². The fourth-order valence-electron chi connectivity index (χ4n) is 5.32. The molecule has 41 heavy (non-hydrogen) atoms. The maximum atomic E-state index is 13.4. The smallest absolute Gasteiger partial charge is 0.295 e. The molecule has 214 valence electrons. The number of hydrogen-bond acceptors (Lipinski definition) is 7. The molecule has 1 amide bonds. The van der Waals surface area contributed by atoms with E-state index in [1.807, 2.05) is 68.4 Å². The van der Waals surface area contributed by atoms with E-state index in [9.17, 15) is 14.7 Å². The van der Waals surface area contributed by atoms with Crippen LogP contribution >= 0.6 is 0 Å². The number of nitrogens with zero attached hydrogens (tertiary/aromatic N) is 3. The van der Waals surface area contributed by atoms with Crippen molar-refractivity contribution in [1.82, 2.24) is 9.80 Å². The summed E-state index contributed by atoms with van der Waals surface area (Å²) in [5.74, 6) is -0.820. The molecule has 8 nitrogen and oxygen atoms in total. The number of aliphatic hydroxyl groups excluding tert-OH is 1. The van der Waals surface area contributed by atoms with Crippen LogP contribution in [0.4, 0.5) is 5.69 Å². The zero-order valence-corrected chi connectivity index (χ0v) is 23.9. The molecule has 0 aliphatic carbocycles. The molecule has 8 heteroatoms. The van der Waals surface area contributed by atoms with Crippen LogP contribution in [0.2, 0.25) is 0 Å². The molecule has 2 aliphatic heterocycles. The SMILES string of the molecule is Cc1cccc(COc2ccc(/C(O)=C3\C(=O)C(=O)N(CCN4CCOCC4)[C@H]3c3ccc(N(C)C)cc3)cc2)c1. The van der Waals surface area contributed by atoms with Gasteiger partial charge >= 0.3 is 0 Å². The second-order valence-electron chi connectivity index (χ2n) is 10.7. The lowest BCUT2D eigenvalue weighted by atomic mass is 9.95. The summed E-state index contributed by atoms with van der Waals surface area (Å²) >= 11 is 0. The van der Waals surface area contributed by atoms with Gasteiger partial charge in [-0.05, 0) is 54.4 Å². The molecule has 0 aromatic heterocycles. The van der Waals surface area contributed by atoms with Crippen LogP contribution in [-0.2, 0) is 20.9 Å². The highest BCUT2D eigenvalue weighted by Crippen LogP contribution is 2.40. The fraction of sp³-hybridized carbons (Fsp3) is 0.333. The largest absolute Gasteiger partial charge is 0.507 e. The van der Waals surface area contributed by atoms with Crippen molar-refractivity contribution in [3.05, 3.63) is 101 Å². The van der Waals surface area contributed by atoms with Crippen LogP contribution in [0, 0.1) is 6.92 Å². The van der Waals surface area contributed by atoms with Crippen molar-refractivity contribution >= 4 is 23.1 Å². The summed E-state index contributed by atoms with van der Waals surface area (Å²) in [5.41, 5.74) is 4.56. The van der Waals surface area contributed by atoms with Crippen molar-refractivity contribution in [3.63, 3.8) is 0 Å². The van der Waals surface area contributed by atoms with Crippen molar-refractivity contribution in [3.8, 4) is 5.75 Å². The Morgan fingerprint density at radius 2 is 1.68 bits per heavy atom. The molecular weight excluding hydrogens is 518 g/mol. The van der Waals surface area contributed by atoms with Crippen LogP contribution in [0.5, 0.6) is 5.75 Å². The van der Waals surface area contributed by atoms with Gasteiger partial charge in [0.25, 0.3) is 11.7 Å². The number of carbonyl (C=O) groups is 2. The lowest BCUT2D eigenvalue weighted by Crippen LogP contribution is -2.42. The Labute approximate surface area is 241 Å². The van der Waals surface area contributed by atoms with Crippen molar-refractivity contribution in [2.24, 2.45) is 0 Å². The molecule has 1 atom stereocenters. The van der Waals surface area contributed by atoms with Gasteiger partial charge < -0.3 is 24.4 Å². The summed E-state index contributed by atoms with van der Waals surface area (Å²) in [6.07, 6.45) is 0. The van der Waals surface area contributed by atoms with Gasteiger partial charge in [-0.2, -0.15) is 0 Å². The minimum absolute atomic E-state index is 0.100. The van der Waals surface area contributed by atoms with E-state index in [2.05, 4.69) is 11.0 Å². The lowest BCUT2D eigenvalue weighted by molar-refractivity contribution is -0.140. The maximum Gasteiger partial charge on any atom is 0.295 e. The molecule has 0 bridgehead atoms. The summed E-state index contributed by atoms with van der Waals surface area (Å²) in [7, 11) is 3.91. The van der Waals surface area contributed by atoms with E-state index < -0.39 is 17.7 Å². The van der Waals surface area contributed by atoms with Crippen molar-refractivity contribution < 1.29 is 24.2 Å². The number of aryl methyl sites for hydroxylation is 1. The number of rotatable bonds is 9. The Morgan fingerprint density at radius 3 is 2.34 bits per heavy atom. The van der Waals surface area contributed by atoms with Crippen molar-refractivity contribution in [2.75, 3.05) is 58.4 Å². The number of carbonyl (C=O) groups excluding carboxylic acids is 2. The van der Waals surface area contributed by atoms with Gasteiger partial charge in [0.05, 0.1) is 24.8 Å². The Kier molecular flexibility index (Phi) is 8.71. The van der Waals surface area contributed by atoms with E-state index in [1.54, 1.807) is 29.2 Å². The summed E-state index contributed by atoms with van der Waals surface area (Å²) < 4.78 is 11.4. The predicted molar refractivity (Wildman–Crippen MR) is 159 cm³/mol. The van der Waals surface area contributed by atoms with Gasteiger partial charge in [0.15, 0.2) is 0 Å². The number of Topliss-reactive ketones (excluding diaryl/α,β-unsaturated/α-hetero) is 1. The number of aliphatic hydroxyl groups is 1. The highest BCUT2D eigenvalue weighted by Gasteiger charge is 2.46. The maximum absolute atomic E-state index is 13.4. The lowest BCUT2D eigenvalue weighted by Gasteiger charge is -2.31. The fourth-order valence-corrected chi connectivity index (χ4v) is 5.32. The average Bonchev–Trinajstić information content (AvgIpc) is 3.24. The number of ketones is 1. The van der Waals surface area contributed by atoms with E-state index >= 15 is 0 Å². The molecule has 2 heterocycles. The van der Waals surface area contributed by atoms with Crippen LogP contribution in [-0.4, -0.2) is 80.1 Å². The molecule has 2 fully saturated rings. The van der Waals surface area contributed by atoms with Crippen LogP contribution in [0.25, 0.3) is 5.76 Å². The zero-order valence-electron chi connectivity index (χ0n) is 23.9. The summed E-state index contributed by atoms with van der Waals surface area (Å²) in [6, 6.07) is 22.1. The quantitative estimate of drug-likeness (QED) is 0.238. The second kappa shape index (κ2) is 12.6. The van der Waals surface area contributed by atoms with Gasteiger partial charge in [0, 0.05) is 51.5 Å². The molecule has 0 spiro atoms. The van der Waals surface area contributed by atoms with Gasteiger partial charge in [0.1, 0.15) is 18.1 Å². The minimum Gasteiger partial charge on any atom is -0.507 e. The van der Waals surface area contributed by atoms with Gasteiger partial charge in [-0.15, -0.1) is 0 Å². The number of hydrogen-bond donors (Lipinski definition) is 1. The highest BCUT2D eigenvalue weighted by atomic mass is 16.5. The van der Waals surface area contributed by atoms with Crippen LogP contribution in [0.1, 0.15) is 28.3 Å². The Hall–Kier alpha value is -4.14. The first-order valence-electron chi connectivity index (χ1n) is 14.0. The topological polar surface area (TPSA) is 82.5 Å². The van der Waals surface area contributed by atoms with E-state index in [1.165, 1.54) is 5.56 Å². The summed E-state index contributed by atoms with van der Waals surface area (Å²) in [6.45, 7) is 6.32. The molecular formula is C33H37N3O5. The third-order valence-corrected chi connectivity index (χ3v) is 7.64. The molecule has 1 N–H and O–H groups in total. The second-order valence-corrected chi connectivity index (χ2v) is 10.7. The molecule has 2 aliphatic rings. The van der Waals surface area contributed by atoms with Crippen molar-refractivity contribution in [1.29, 1.82) is 0 Å². The monoisotopic (exact) mass is 555 g/mol. The number of morpholine rings is 1. The Morgan fingerprint density at radius 1 is 0.976 bits per heavy atom. The molecule has 0 unspecified atom stereocenters. The predicted octanol–water partition coefficient (Wildman–Crippen LogP) is 4.39. The number of amides is 1. The van der Waals surface area contributed by atoms with Crippen LogP contribution in [0.3, 0.4) is 0 Å². The van der Waals surface area contributed by atoms with Crippen LogP contribution in [0.15, 0.2) is 78.4 Å². The van der Waals surface area contributed by atoms with E-state index in [0.29, 0.717) is 44.2 Å². The first-order chi connectivity index (χ1) is 19.8. The molecule has 0 radical (unpaired) electrons. The van der Waals surface area contributed by atoms with Crippen LogP contribution < -0.4 is 9.64 Å². The number of benzene rings is 3. The first-order valence-corrected chi connectivity index (χ1v) is 14.0. The van der Waals surface area contributed by atoms with Gasteiger partial charge in [-0.1, -0.05) is 42.0 Å². The molecule has 3 aromatic carbocycles. The number of ether oxygens (including phenoxy) is 2. The molecule has 0 saturated carbocycles. The van der Waals surface area contributed by atoms with Gasteiger partial charge in [0.2, 0.25) is 0 Å². The summed E-state index contributed by atoms with van der Waals surface area (Å²) in [5, 5.41) is 11.5. The molecule has 5 rings (SSSR count). The number of anilines is 1. The normalized spacial score (nSPS) is 19.0. The van der Waals surface area contributed by atoms with E-state index in [0.717, 1.165) is 29.9 Å². The first kappa shape index (κ1) is 28.4. The molecule has 2 saturated heterocycles. The summed E-state index contributed by atoms with van der Waals surface area (Å²) in [4.78, 5) is 32.6. The van der Waals surface area contributed by atoms with E-state index in [4.69, 9.17) is 9.47 Å². The molecule has 3 aromatic rings. The Balaban J connectivity index is 1.42. The Bertz CT molecular complexity index is 1410. The third kappa shape index (κ3) is 6.45. The standard InChI is InChI=1S/C33H37N3O5/c1-23-5-4-6-24(21-23)22-41-28-13-9-26(10-14-28)31(37)29-30(25-7-11-27(12-8-25)34(2)3)36(33(39)32(29)38)16-15-35-17-19-40-20-18-35/h4-14,21,30,37H,15-20,22H2,1-3H3/b31-29+/t30-/m0/s1.